The van der Waals surface area contributed by atoms with E-state index in [0.717, 1.165) is 0 Å². The fourth-order valence-electron chi connectivity index (χ4n) is 2.52. The molecule has 1 aromatic carbocycles. The van der Waals surface area contributed by atoms with Crippen LogP contribution in [0.5, 0.6) is 0 Å². The second kappa shape index (κ2) is 7.12. The van der Waals surface area contributed by atoms with E-state index in [9.17, 15) is 14.4 Å². The summed E-state index contributed by atoms with van der Waals surface area (Å²) in [6.07, 6.45) is 1.93. The molecular formula is C16H18N6O3. The fourth-order valence-corrected chi connectivity index (χ4v) is 2.52. The third-order valence-electron chi connectivity index (χ3n) is 3.76. The third-order valence-corrected chi connectivity index (χ3v) is 3.76. The highest BCUT2D eigenvalue weighted by molar-refractivity contribution is 6.10. The molecule has 9 heteroatoms. The number of hydrogen-bond acceptors (Lipinski definition) is 5. The van der Waals surface area contributed by atoms with Gasteiger partial charge in [0.15, 0.2) is 5.82 Å². The Balaban J connectivity index is 1.54. The molecule has 1 atom stereocenters. The summed E-state index contributed by atoms with van der Waals surface area (Å²) < 4.78 is 1.58. The second-order valence-electron chi connectivity index (χ2n) is 5.70. The molecule has 0 saturated heterocycles. The minimum atomic E-state index is -0.923. The van der Waals surface area contributed by atoms with Gasteiger partial charge in [-0.3, -0.25) is 19.1 Å². The van der Waals surface area contributed by atoms with E-state index in [1.165, 1.54) is 0 Å². The minimum absolute atomic E-state index is 0.138. The summed E-state index contributed by atoms with van der Waals surface area (Å²) in [7, 11) is 1.76. The lowest BCUT2D eigenvalue weighted by Gasteiger charge is -2.14. The van der Waals surface area contributed by atoms with Gasteiger partial charge in [-0.05, 0) is 12.1 Å². The Hall–Kier alpha value is -3.23. The predicted molar refractivity (Wildman–Crippen MR) is 88.7 cm³/mol. The molecule has 0 spiro atoms. The van der Waals surface area contributed by atoms with E-state index in [4.69, 9.17) is 0 Å². The Morgan fingerprint density at radius 1 is 1.32 bits per heavy atom. The van der Waals surface area contributed by atoms with Crippen LogP contribution in [-0.2, 0) is 23.1 Å². The molecule has 130 valence electrons. The molecule has 0 saturated carbocycles. The van der Waals surface area contributed by atoms with E-state index in [2.05, 4.69) is 26.0 Å². The molecule has 3 rings (SSSR count). The molecule has 0 radical (unpaired) electrons. The van der Waals surface area contributed by atoms with Crippen molar-refractivity contribution in [1.82, 2.24) is 25.4 Å². The molecule has 0 unspecified atom stereocenters. The number of nitrogens with zero attached hydrogens (tertiary/aromatic N) is 3. The molecule has 0 aliphatic carbocycles. The molecule has 1 aromatic heterocycles. The van der Waals surface area contributed by atoms with Crippen molar-refractivity contribution in [2.45, 2.75) is 18.9 Å². The topological polar surface area (TPSA) is 118 Å². The van der Waals surface area contributed by atoms with Gasteiger partial charge in [-0.15, -0.1) is 0 Å². The Bertz CT molecular complexity index is 816. The average molecular weight is 342 g/mol. The van der Waals surface area contributed by atoms with Gasteiger partial charge in [0.05, 0.1) is 17.7 Å². The Kier molecular flexibility index (Phi) is 4.73. The zero-order chi connectivity index (χ0) is 17.8. The largest absolute Gasteiger partial charge is 0.356 e. The van der Waals surface area contributed by atoms with Crippen LogP contribution in [0.15, 0.2) is 30.6 Å². The van der Waals surface area contributed by atoms with Crippen molar-refractivity contribution in [2.75, 3.05) is 11.9 Å². The first kappa shape index (κ1) is 16.6. The van der Waals surface area contributed by atoms with Gasteiger partial charge in [-0.2, -0.15) is 5.10 Å². The molecule has 0 bridgehead atoms. The SMILES string of the molecule is Cn1cnc(CCNC(=O)C[C@@H]2NC(=O)c3ccccc3NC2=O)n1. The van der Waals surface area contributed by atoms with Crippen LogP contribution in [0.2, 0.25) is 0 Å². The number of rotatable bonds is 5. The summed E-state index contributed by atoms with van der Waals surface area (Å²) in [4.78, 5) is 40.5. The van der Waals surface area contributed by atoms with Gasteiger partial charge in [0.2, 0.25) is 11.8 Å². The molecule has 2 aromatic rings. The number of para-hydroxylation sites is 1. The van der Waals surface area contributed by atoms with E-state index in [1.807, 2.05) is 0 Å². The number of hydrogen-bond donors (Lipinski definition) is 3. The molecule has 0 fully saturated rings. The Morgan fingerprint density at radius 3 is 2.88 bits per heavy atom. The summed E-state index contributed by atoms with van der Waals surface area (Å²) in [6.45, 7) is 0.353. The highest BCUT2D eigenvalue weighted by Crippen LogP contribution is 2.18. The summed E-state index contributed by atoms with van der Waals surface area (Å²) in [5, 5.41) is 12.1. The standard InChI is InChI=1S/C16H18N6O3/c1-22-9-18-13(21-22)6-7-17-14(23)8-12-16(25)19-11-5-3-2-4-10(11)15(24)20-12/h2-5,9,12H,6-8H2,1H3,(H,17,23)(H,19,25)(H,20,24)/t12-/m0/s1. The second-order valence-corrected chi connectivity index (χ2v) is 5.70. The number of fused-ring (bicyclic) bond motifs is 1. The maximum absolute atomic E-state index is 12.2. The van der Waals surface area contributed by atoms with E-state index < -0.39 is 11.9 Å². The van der Waals surface area contributed by atoms with Crippen LogP contribution < -0.4 is 16.0 Å². The van der Waals surface area contributed by atoms with Crippen LogP contribution in [-0.4, -0.2) is 45.1 Å². The van der Waals surface area contributed by atoms with Gasteiger partial charge in [0.1, 0.15) is 12.4 Å². The lowest BCUT2D eigenvalue weighted by Crippen LogP contribution is -2.44. The minimum Gasteiger partial charge on any atom is -0.356 e. The van der Waals surface area contributed by atoms with Crippen molar-refractivity contribution in [3.05, 3.63) is 42.0 Å². The highest BCUT2D eigenvalue weighted by atomic mass is 16.2. The van der Waals surface area contributed by atoms with Crippen molar-refractivity contribution in [3.63, 3.8) is 0 Å². The van der Waals surface area contributed by atoms with Gasteiger partial charge in [-0.25, -0.2) is 4.98 Å². The average Bonchev–Trinajstić information content (AvgIpc) is 2.95. The van der Waals surface area contributed by atoms with Gasteiger partial charge in [-0.1, -0.05) is 12.1 Å². The van der Waals surface area contributed by atoms with Gasteiger partial charge < -0.3 is 16.0 Å². The molecule has 3 N–H and O–H groups in total. The van der Waals surface area contributed by atoms with Crippen LogP contribution in [0.3, 0.4) is 0 Å². The number of aromatic nitrogens is 3. The summed E-state index contributed by atoms with van der Waals surface area (Å²) in [6, 6.07) is 5.78. The van der Waals surface area contributed by atoms with Crippen molar-refractivity contribution >= 4 is 23.4 Å². The molecule has 1 aliphatic rings. The number of amides is 3. The summed E-state index contributed by atoms with van der Waals surface area (Å²) >= 11 is 0. The Morgan fingerprint density at radius 2 is 2.12 bits per heavy atom. The fraction of sp³-hybridized carbons (Fsp3) is 0.312. The third kappa shape index (κ3) is 4.00. The lowest BCUT2D eigenvalue weighted by molar-refractivity contribution is -0.125. The van der Waals surface area contributed by atoms with Crippen molar-refractivity contribution in [2.24, 2.45) is 7.05 Å². The number of nitrogens with one attached hydrogen (secondary N) is 3. The smallest absolute Gasteiger partial charge is 0.254 e. The van der Waals surface area contributed by atoms with Gasteiger partial charge in [0, 0.05) is 20.0 Å². The zero-order valence-electron chi connectivity index (χ0n) is 13.7. The van der Waals surface area contributed by atoms with E-state index >= 15 is 0 Å². The van der Waals surface area contributed by atoms with Crippen LogP contribution in [0.25, 0.3) is 0 Å². The van der Waals surface area contributed by atoms with Crippen molar-refractivity contribution < 1.29 is 14.4 Å². The van der Waals surface area contributed by atoms with E-state index in [1.54, 1.807) is 42.3 Å². The molecule has 3 amide bonds. The normalized spacial score (nSPS) is 16.4. The van der Waals surface area contributed by atoms with Crippen molar-refractivity contribution in [1.29, 1.82) is 0 Å². The van der Waals surface area contributed by atoms with Crippen molar-refractivity contribution in [3.8, 4) is 0 Å². The number of benzene rings is 1. The van der Waals surface area contributed by atoms with Crippen LogP contribution in [0.1, 0.15) is 22.6 Å². The summed E-state index contributed by atoms with van der Waals surface area (Å²) in [5.41, 5.74) is 0.814. The predicted octanol–water partition coefficient (Wildman–Crippen LogP) is -0.385. The molecule has 9 nitrogen and oxygen atoms in total. The van der Waals surface area contributed by atoms with Crippen LogP contribution >= 0.6 is 0 Å². The highest BCUT2D eigenvalue weighted by Gasteiger charge is 2.29. The summed E-state index contributed by atoms with van der Waals surface area (Å²) in [5.74, 6) is -0.509. The van der Waals surface area contributed by atoms with E-state index in [-0.39, 0.29) is 18.2 Å². The van der Waals surface area contributed by atoms with Crippen LogP contribution in [0.4, 0.5) is 5.69 Å². The lowest BCUT2D eigenvalue weighted by atomic mass is 10.1. The molecule has 25 heavy (non-hydrogen) atoms. The number of carbonyl (C=O) groups is 3. The monoisotopic (exact) mass is 342 g/mol. The maximum atomic E-state index is 12.2. The first-order valence-corrected chi connectivity index (χ1v) is 7.85. The molecular weight excluding hydrogens is 324 g/mol. The number of carbonyl (C=O) groups excluding carboxylic acids is 3. The Labute approximate surface area is 143 Å². The molecule has 1 aliphatic heterocycles. The first-order valence-electron chi connectivity index (χ1n) is 7.85. The maximum Gasteiger partial charge on any atom is 0.254 e. The first-order chi connectivity index (χ1) is 12.0. The van der Waals surface area contributed by atoms with Gasteiger partial charge >= 0.3 is 0 Å². The number of aryl methyl sites for hydroxylation is 1. The number of anilines is 1. The molecule has 2 heterocycles. The van der Waals surface area contributed by atoms with E-state index in [0.29, 0.717) is 30.0 Å². The zero-order valence-corrected chi connectivity index (χ0v) is 13.7. The quantitative estimate of drug-likeness (QED) is 0.684. The van der Waals surface area contributed by atoms with Crippen LogP contribution in [0, 0.1) is 0 Å². The van der Waals surface area contributed by atoms with Gasteiger partial charge in [0.25, 0.3) is 5.91 Å².